The number of amides is 1. The first-order chi connectivity index (χ1) is 5.86. The van der Waals surface area contributed by atoms with E-state index in [0.717, 1.165) is 19.3 Å². The van der Waals surface area contributed by atoms with Crippen molar-refractivity contribution in [1.29, 1.82) is 0 Å². The van der Waals surface area contributed by atoms with Crippen LogP contribution in [0.3, 0.4) is 0 Å². The van der Waals surface area contributed by atoms with E-state index in [0.29, 0.717) is 0 Å². The molecule has 1 aromatic heterocycles. The van der Waals surface area contributed by atoms with Gasteiger partial charge in [0.15, 0.2) is 0 Å². The molecule has 1 aromatic rings. The number of anilines is 1. The molecule has 0 spiro atoms. The van der Waals surface area contributed by atoms with Gasteiger partial charge in [0, 0.05) is 5.92 Å². The number of H-pyrrole nitrogens is 1. The van der Waals surface area contributed by atoms with Gasteiger partial charge in [-0.15, -0.1) is 5.10 Å². The molecule has 64 valence electrons. The number of carbonyl (C=O) groups is 1. The van der Waals surface area contributed by atoms with E-state index in [1.54, 1.807) is 0 Å². The molecule has 2 rings (SSSR count). The number of hydrogen-bond donors (Lipinski definition) is 2. The van der Waals surface area contributed by atoms with E-state index in [1.165, 1.54) is 0 Å². The number of tetrazole rings is 1. The molecule has 0 radical (unpaired) electrons. The van der Waals surface area contributed by atoms with Crippen molar-refractivity contribution in [3.63, 3.8) is 0 Å². The second-order valence-electron chi connectivity index (χ2n) is 2.85. The second-order valence-corrected chi connectivity index (χ2v) is 2.85. The number of carbonyl (C=O) groups excluding carboxylic acids is 1. The summed E-state index contributed by atoms with van der Waals surface area (Å²) in [7, 11) is 0. The Hall–Kier alpha value is -1.46. The van der Waals surface area contributed by atoms with Crippen LogP contribution in [0.4, 0.5) is 5.95 Å². The Balaban J connectivity index is 1.90. The molecule has 0 saturated heterocycles. The average molecular weight is 167 g/mol. The average Bonchev–Trinajstić information content (AvgIpc) is 2.34. The van der Waals surface area contributed by atoms with Crippen molar-refractivity contribution in [2.75, 3.05) is 5.32 Å². The third-order valence-corrected chi connectivity index (χ3v) is 2.06. The minimum absolute atomic E-state index is 0.00245. The van der Waals surface area contributed by atoms with Crippen molar-refractivity contribution in [2.45, 2.75) is 19.3 Å². The van der Waals surface area contributed by atoms with Gasteiger partial charge in [-0.3, -0.25) is 10.1 Å². The third kappa shape index (κ3) is 1.27. The smallest absolute Gasteiger partial charge is 0.269 e. The number of hydrogen-bond acceptors (Lipinski definition) is 4. The van der Waals surface area contributed by atoms with E-state index in [4.69, 9.17) is 0 Å². The highest BCUT2D eigenvalue weighted by atomic mass is 16.2. The molecule has 0 aliphatic heterocycles. The molecule has 1 heterocycles. The molecule has 0 aromatic carbocycles. The fourth-order valence-corrected chi connectivity index (χ4v) is 1.10. The van der Waals surface area contributed by atoms with Crippen LogP contribution in [0.5, 0.6) is 0 Å². The molecule has 6 nitrogen and oxygen atoms in total. The van der Waals surface area contributed by atoms with Gasteiger partial charge in [-0.25, -0.2) is 0 Å². The van der Waals surface area contributed by atoms with E-state index in [2.05, 4.69) is 25.9 Å². The molecule has 0 atom stereocenters. The highest BCUT2D eigenvalue weighted by molar-refractivity contribution is 5.91. The predicted octanol–water partition coefficient (Wildman–Crippen LogP) is -0.0617. The third-order valence-electron chi connectivity index (χ3n) is 2.06. The van der Waals surface area contributed by atoms with Crippen LogP contribution in [0.25, 0.3) is 0 Å². The molecule has 0 unspecified atom stereocenters. The molecule has 6 heteroatoms. The van der Waals surface area contributed by atoms with E-state index >= 15 is 0 Å². The summed E-state index contributed by atoms with van der Waals surface area (Å²) in [5.41, 5.74) is 0. The number of nitrogens with one attached hydrogen (secondary N) is 2. The standard InChI is InChI=1S/C6H9N5O/c12-5(4-2-1-3-4)7-6-8-10-11-9-6/h4H,1-3H2,(H2,7,8,9,10,11,12). The lowest BCUT2D eigenvalue weighted by Crippen LogP contribution is -2.28. The first-order valence-corrected chi connectivity index (χ1v) is 3.90. The zero-order chi connectivity index (χ0) is 8.39. The first-order valence-electron chi connectivity index (χ1n) is 3.90. The maximum absolute atomic E-state index is 11.3. The lowest BCUT2D eigenvalue weighted by Gasteiger charge is -2.22. The van der Waals surface area contributed by atoms with Crippen LogP contribution >= 0.6 is 0 Å². The molecule has 2 N–H and O–H groups in total. The highest BCUT2D eigenvalue weighted by Gasteiger charge is 2.25. The zero-order valence-corrected chi connectivity index (χ0v) is 6.45. The second kappa shape index (κ2) is 2.88. The summed E-state index contributed by atoms with van der Waals surface area (Å²) in [4.78, 5) is 11.3. The predicted molar refractivity (Wildman–Crippen MR) is 40.1 cm³/mol. The van der Waals surface area contributed by atoms with Crippen LogP contribution in [0.1, 0.15) is 19.3 Å². The molecule has 0 bridgehead atoms. The molecular weight excluding hydrogens is 158 g/mol. The summed E-state index contributed by atoms with van der Waals surface area (Å²) in [6.45, 7) is 0. The van der Waals surface area contributed by atoms with Gasteiger partial charge in [-0.1, -0.05) is 11.5 Å². The van der Waals surface area contributed by atoms with Crippen molar-refractivity contribution in [3.05, 3.63) is 0 Å². The fourth-order valence-electron chi connectivity index (χ4n) is 1.10. The normalized spacial score (nSPS) is 17.0. The van der Waals surface area contributed by atoms with E-state index < -0.39 is 0 Å². The summed E-state index contributed by atoms with van der Waals surface area (Å²) < 4.78 is 0. The van der Waals surface area contributed by atoms with Crippen LogP contribution < -0.4 is 5.32 Å². The van der Waals surface area contributed by atoms with Gasteiger partial charge in [0.05, 0.1) is 0 Å². The zero-order valence-electron chi connectivity index (χ0n) is 6.45. The van der Waals surface area contributed by atoms with Crippen molar-refractivity contribution >= 4 is 11.9 Å². The molecule has 12 heavy (non-hydrogen) atoms. The van der Waals surface area contributed by atoms with E-state index in [-0.39, 0.29) is 17.8 Å². The monoisotopic (exact) mass is 167 g/mol. The first kappa shape index (κ1) is 7.20. The topological polar surface area (TPSA) is 83.6 Å². The maximum atomic E-state index is 11.3. The largest absolute Gasteiger partial charge is 0.292 e. The Morgan fingerprint density at radius 3 is 2.92 bits per heavy atom. The summed E-state index contributed by atoms with van der Waals surface area (Å²) in [6.07, 6.45) is 3.09. The molecule has 1 amide bonds. The fraction of sp³-hybridized carbons (Fsp3) is 0.667. The lowest BCUT2D eigenvalue weighted by atomic mass is 9.85. The number of nitrogens with zero attached hydrogens (tertiary/aromatic N) is 3. The van der Waals surface area contributed by atoms with E-state index in [9.17, 15) is 4.79 Å². The molecule has 1 aliphatic carbocycles. The minimum Gasteiger partial charge on any atom is -0.292 e. The van der Waals surface area contributed by atoms with Crippen molar-refractivity contribution in [3.8, 4) is 0 Å². The minimum atomic E-state index is 0.00245. The molecule has 1 saturated carbocycles. The van der Waals surface area contributed by atoms with Gasteiger partial charge < -0.3 is 0 Å². The summed E-state index contributed by atoms with van der Waals surface area (Å²) in [5, 5.41) is 15.4. The van der Waals surface area contributed by atoms with Crippen LogP contribution in [-0.4, -0.2) is 26.5 Å². The van der Waals surface area contributed by atoms with Crippen LogP contribution in [0.15, 0.2) is 0 Å². The van der Waals surface area contributed by atoms with Gasteiger partial charge in [0.25, 0.3) is 5.95 Å². The Labute approximate surface area is 68.7 Å². The van der Waals surface area contributed by atoms with Gasteiger partial charge in [0.2, 0.25) is 5.91 Å². The van der Waals surface area contributed by atoms with E-state index in [1.807, 2.05) is 0 Å². The number of aromatic nitrogens is 4. The summed E-state index contributed by atoms with van der Waals surface area (Å²) in [6, 6.07) is 0. The van der Waals surface area contributed by atoms with Crippen molar-refractivity contribution in [1.82, 2.24) is 20.6 Å². The molecule has 1 fully saturated rings. The molecule has 1 aliphatic rings. The summed E-state index contributed by atoms with van der Waals surface area (Å²) >= 11 is 0. The van der Waals surface area contributed by atoms with Crippen molar-refractivity contribution < 1.29 is 4.79 Å². The Morgan fingerprint density at radius 1 is 1.58 bits per heavy atom. The van der Waals surface area contributed by atoms with Crippen LogP contribution in [0, 0.1) is 5.92 Å². The number of rotatable bonds is 2. The Bertz CT molecular complexity index is 265. The quantitative estimate of drug-likeness (QED) is 0.646. The lowest BCUT2D eigenvalue weighted by molar-refractivity contribution is -0.122. The van der Waals surface area contributed by atoms with Crippen LogP contribution in [-0.2, 0) is 4.79 Å². The summed E-state index contributed by atoms with van der Waals surface area (Å²) in [5.74, 6) is 0.415. The van der Waals surface area contributed by atoms with Crippen molar-refractivity contribution in [2.24, 2.45) is 5.92 Å². The van der Waals surface area contributed by atoms with Gasteiger partial charge in [-0.05, 0) is 18.1 Å². The number of aromatic amines is 1. The van der Waals surface area contributed by atoms with Gasteiger partial charge in [0.1, 0.15) is 0 Å². The van der Waals surface area contributed by atoms with Gasteiger partial charge in [-0.2, -0.15) is 5.21 Å². The Kier molecular flexibility index (Phi) is 1.73. The Morgan fingerprint density at radius 2 is 2.42 bits per heavy atom. The maximum Gasteiger partial charge on any atom is 0.269 e. The van der Waals surface area contributed by atoms with Gasteiger partial charge >= 0.3 is 0 Å². The SMILES string of the molecule is O=C(Nc1nn[nH]n1)C1CCC1. The van der Waals surface area contributed by atoms with Crippen LogP contribution in [0.2, 0.25) is 0 Å². The highest BCUT2D eigenvalue weighted by Crippen LogP contribution is 2.26. The molecular formula is C6H9N5O.